The van der Waals surface area contributed by atoms with Crippen LogP contribution in [0.1, 0.15) is 15.9 Å². The molecule has 124 valence electrons. The number of benzene rings is 3. The summed E-state index contributed by atoms with van der Waals surface area (Å²) >= 11 is 0. The summed E-state index contributed by atoms with van der Waals surface area (Å²) in [7, 11) is 1.60. The van der Waals surface area contributed by atoms with Crippen LogP contribution in [0.3, 0.4) is 0 Å². The van der Waals surface area contributed by atoms with E-state index < -0.39 is 0 Å². The van der Waals surface area contributed by atoms with Crippen molar-refractivity contribution in [1.82, 2.24) is 4.90 Å². The maximum atomic E-state index is 12.8. The summed E-state index contributed by atoms with van der Waals surface area (Å²) in [5.74, 6) is 0.615. The van der Waals surface area contributed by atoms with Crippen LogP contribution in [0.15, 0.2) is 85.2 Å². The Hall–Kier alpha value is -3.29. The van der Waals surface area contributed by atoms with E-state index in [1.54, 1.807) is 42.5 Å². The van der Waals surface area contributed by atoms with E-state index in [1.165, 1.54) is 5.39 Å². The van der Waals surface area contributed by atoms with Gasteiger partial charge in [-0.05, 0) is 46.7 Å². The first-order valence-electron chi connectivity index (χ1n) is 8.00. The van der Waals surface area contributed by atoms with Gasteiger partial charge in [-0.15, -0.1) is 5.73 Å². The van der Waals surface area contributed by atoms with Gasteiger partial charge < -0.3 is 9.64 Å². The van der Waals surface area contributed by atoms with Gasteiger partial charge in [-0.3, -0.25) is 4.79 Å². The molecule has 0 N–H and O–H groups in total. The Morgan fingerprint density at radius 2 is 1.80 bits per heavy atom. The predicted octanol–water partition coefficient (Wildman–Crippen LogP) is 4.79. The highest BCUT2D eigenvalue weighted by molar-refractivity contribution is 5.95. The number of carbonyl (C=O) groups excluding carboxylic acids is 1. The van der Waals surface area contributed by atoms with E-state index in [4.69, 9.17) is 4.74 Å². The minimum Gasteiger partial charge on any atom is -0.497 e. The molecule has 3 nitrogen and oxygen atoms in total. The van der Waals surface area contributed by atoms with Crippen molar-refractivity contribution < 1.29 is 9.53 Å². The Balaban J connectivity index is 1.86. The first kappa shape index (κ1) is 16.6. The molecular formula is C22H19NO2. The van der Waals surface area contributed by atoms with E-state index in [1.807, 2.05) is 18.2 Å². The molecule has 3 aromatic carbocycles. The Bertz CT molecular complexity index is 938. The van der Waals surface area contributed by atoms with Crippen LogP contribution in [0.2, 0.25) is 0 Å². The number of amides is 1. The predicted molar refractivity (Wildman–Crippen MR) is 101 cm³/mol. The Morgan fingerprint density at radius 3 is 2.48 bits per heavy atom. The normalized spacial score (nSPS) is 10.1. The van der Waals surface area contributed by atoms with Crippen LogP contribution in [0.5, 0.6) is 5.75 Å². The number of ether oxygens (including phenoxy) is 1. The lowest BCUT2D eigenvalue weighted by molar-refractivity contribution is 0.0814. The van der Waals surface area contributed by atoms with E-state index in [0.29, 0.717) is 12.1 Å². The van der Waals surface area contributed by atoms with Gasteiger partial charge in [0.1, 0.15) is 5.75 Å². The van der Waals surface area contributed by atoms with Gasteiger partial charge in [-0.25, -0.2) is 0 Å². The van der Waals surface area contributed by atoms with Crippen LogP contribution in [0, 0.1) is 0 Å². The maximum absolute atomic E-state index is 12.8. The smallest absolute Gasteiger partial charge is 0.258 e. The molecular weight excluding hydrogens is 310 g/mol. The quantitative estimate of drug-likeness (QED) is 0.630. The van der Waals surface area contributed by atoms with Crippen LogP contribution >= 0.6 is 0 Å². The number of rotatable bonds is 5. The summed E-state index contributed by atoms with van der Waals surface area (Å²) in [6.45, 7) is 4.06. The Kier molecular flexibility index (Phi) is 4.98. The summed E-state index contributed by atoms with van der Waals surface area (Å²) in [5, 5.41) is 2.33. The van der Waals surface area contributed by atoms with E-state index in [2.05, 4.69) is 36.6 Å². The van der Waals surface area contributed by atoms with Crippen molar-refractivity contribution in [3.63, 3.8) is 0 Å². The van der Waals surface area contributed by atoms with E-state index in [9.17, 15) is 4.79 Å². The van der Waals surface area contributed by atoms with E-state index in [-0.39, 0.29) is 5.91 Å². The van der Waals surface area contributed by atoms with Gasteiger partial charge >= 0.3 is 0 Å². The van der Waals surface area contributed by atoms with Crippen LogP contribution in [-0.2, 0) is 6.54 Å². The molecule has 0 aliphatic rings. The molecule has 3 heteroatoms. The first-order valence-corrected chi connectivity index (χ1v) is 8.00. The third-order valence-electron chi connectivity index (χ3n) is 4.01. The van der Waals surface area contributed by atoms with E-state index in [0.717, 1.165) is 16.7 Å². The van der Waals surface area contributed by atoms with Crippen LogP contribution in [0.4, 0.5) is 0 Å². The van der Waals surface area contributed by atoms with Crippen molar-refractivity contribution in [2.75, 3.05) is 7.11 Å². The average molecular weight is 329 g/mol. The molecule has 0 saturated heterocycles. The highest BCUT2D eigenvalue weighted by Gasteiger charge is 2.14. The molecule has 3 aromatic rings. The fraction of sp³-hybridized carbons (Fsp3) is 0.0909. The molecule has 0 bridgehead atoms. The first-order chi connectivity index (χ1) is 12.2. The molecule has 0 heterocycles. The second kappa shape index (κ2) is 7.52. The summed E-state index contributed by atoms with van der Waals surface area (Å²) in [4.78, 5) is 14.4. The number of methoxy groups -OCH3 is 1. The number of nitrogens with zero attached hydrogens (tertiary/aromatic N) is 1. The molecule has 0 radical (unpaired) electrons. The lowest BCUT2D eigenvalue weighted by Gasteiger charge is -2.18. The van der Waals surface area contributed by atoms with Crippen LogP contribution in [0.25, 0.3) is 10.8 Å². The van der Waals surface area contributed by atoms with Gasteiger partial charge in [0.15, 0.2) is 0 Å². The van der Waals surface area contributed by atoms with Crippen molar-refractivity contribution in [1.29, 1.82) is 0 Å². The average Bonchev–Trinajstić information content (AvgIpc) is 2.67. The lowest BCUT2D eigenvalue weighted by Crippen LogP contribution is -2.25. The van der Waals surface area contributed by atoms with Crippen molar-refractivity contribution >= 4 is 16.7 Å². The SMILES string of the molecule is C=C=CN(Cc1ccc2ccccc2c1)C(=O)c1ccc(OC)cc1. The maximum Gasteiger partial charge on any atom is 0.258 e. The Morgan fingerprint density at radius 1 is 1.08 bits per heavy atom. The summed E-state index contributed by atoms with van der Waals surface area (Å²) in [6.07, 6.45) is 1.59. The highest BCUT2D eigenvalue weighted by Crippen LogP contribution is 2.19. The van der Waals surface area contributed by atoms with Crippen LogP contribution < -0.4 is 4.74 Å². The van der Waals surface area contributed by atoms with Gasteiger partial charge in [0, 0.05) is 11.8 Å². The van der Waals surface area contributed by atoms with Crippen LogP contribution in [-0.4, -0.2) is 17.9 Å². The third-order valence-corrected chi connectivity index (χ3v) is 4.01. The highest BCUT2D eigenvalue weighted by atomic mass is 16.5. The van der Waals surface area contributed by atoms with Crippen molar-refractivity contribution in [3.8, 4) is 5.75 Å². The summed E-state index contributed by atoms with van der Waals surface area (Å²) < 4.78 is 5.14. The molecule has 3 rings (SSSR count). The summed E-state index contributed by atoms with van der Waals surface area (Å²) in [5.41, 5.74) is 4.34. The zero-order valence-electron chi connectivity index (χ0n) is 14.1. The van der Waals surface area contributed by atoms with Gasteiger partial charge in [-0.2, -0.15) is 0 Å². The van der Waals surface area contributed by atoms with Gasteiger partial charge in [0.25, 0.3) is 5.91 Å². The third kappa shape index (κ3) is 3.79. The molecule has 0 unspecified atom stereocenters. The second-order valence-corrected chi connectivity index (χ2v) is 5.68. The lowest BCUT2D eigenvalue weighted by atomic mass is 10.1. The summed E-state index contributed by atoms with van der Waals surface area (Å²) in [6, 6.07) is 21.4. The Labute approximate surface area is 147 Å². The largest absolute Gasteiger partial charge is 0.497 e. The second-order valence-electron chi connectivity index (χ2n) is 5.68. The van der Waals surface area contributed by atoms with Gasteiger partial charge in [0.2, 0.25) is 0 Å². The number of hydrogen-bond acceptors (Lipinski definition) is 2. The number of carbonyl (C=O) groups is 1. The van der Waals surface area contributed by atoms with Gasteiger partial charge in [0.05, 0.1) is 13.7 Å². The van der Waals surface area contributed by atoms with Crippen molar-refractivity contribution in [2.24, 2.45) is 0 Å². The molecule has 1 amide bonds. The molecule has 0 atom stereocenters. The molecule has 0 spiro atoms. The number of hydrogen-bond donors (Lipinski definition) is 0. The minimum absolute atomic E-state index is 0.105. The topological polar surface area (TPSA) is 29.5 Å². The van der Waals surface area contributed by atoms with Crippen molar-refractivity contribution in [2.45, 2.75) is 6.54 Å². The molecule has 25 heavy (non-hydrogen) atoms. The number of fused-ring (bicyclic) bond motifs is 1. The molecule has 0 aromatic heterocycles. The fourth-order valence-electron chi connectivity index (χ4n) is 2.72. The van der Waals surface area contributed by atoms with Gasteiger partial charge in [-0.1, -0.05) is 43.0 Å². The monoisotopic (exact) mass is 329 g/mol. The zero-order chi connectivity index (χ0) is 17.6. The molecule has 0 saturated carbocycles. The van der Waals surface area contributed by atoms with E-state index >= 15 is 0 Å². The molecule has 0 aliphatic heterocycles. The minimum atomic E-state index is -0.105. The fourth-order valence-corrected chi connectivity index (χ4v) is 2.72. The standard InChI is InChI=1S/C22H19NO2/c1-3-14-23(22(24)19-10-12-21(25-2)13-11-19)16-17-8-9-18-6-4-5-7-20(18)15-17/h4-15H,1,16H2,2H3. The van der Waals surface area contributed by atoms with Crippen molar-refractivity contribution in [3.05, 3.63) is 96.4 Å². The molecule has 0 aliphatic carbocycles. The zero-order valence-corrected chi connectivity index (χ0v) is 14.1. The molecule has 0 fully saturated rings.